The molecular weight excluding hydrogens is 658 g/mol. The number of aliphatic hydroxyl groups excluding tert-OH is 3. The number of H-pyrrole nitrogens is 1. The van der Waals surface area contributed by atoms with E-state index in [1.807, 2.05) is 5.32 Å². The number of phenolic OH excluding ortho intramolecular Hbond substituents is 1. The van der Waals surface area contributed by atoms with E-state index in [4.69, 9.17) is 15.9 Å². The van der Waals surface area contributed by atoms with Gasteiger partial charge in [-0.1, -0.05) is 30.3 Å². The highest BCUT2D eigenvalue weighted by molar-refractivity contribution is 5.96. The molecular formula is C32H41N7O11. The molecule has 0 spiro atoms. The molecule has 18 nitrogen and oxygen atoms in total. The van der Waals surface area contributed by atoms with Crippen LogP contribution in [0.3, 0.4) is 0 Å². The van der Waals surface area contributed by atoms with Crippen LogP contribution >= 0.6 is 0 Å². The van der Waals surface area contributed by atoms with E-state index in [0.717, 1.165) is 10.9 Å². The van der Waals surface area contributed by atoms with Crippen molar-refractivity contribution >= 4 is 46.4 Å². The molecule has 2 aromatic carbocycles. The van der Waals surface area contributed by atoms with Crippen molar-refractivity contribution in [2.24, 2.45) is 5.73 Å². The number of aliphatic hydroxyl groups is 3. The zero-order chi connectivity index (χ0) is 37.0. The van der Waals surface area contributed by atoms with Crippen molar-refractivity contribution < 1.29 is 54.3 Å². The molecule has 0 aliphatic heterocycles. The fourth-order valence-corrected chi connectivity index (χ4v) is 4.81. The number of benzene rings is 2. The van der Waals surface area contributed by atoms with Crippen molar-refractivity contribution in [3.63, 3.8) is 0 Å². The average Bonchev–Trinajstić information content (AvgIpc) is 3.50. The standard InChI is InChI=1S/C32H41N7O11/c1-16(42)27(31(48)35-13-26(44)36-25(15-41)32(49)50)39-30(47)24(11-18-12-34-22-5-3-2-4-20(18)22)38-29(46)23(37-28(45)21(33)14-40)10-17-6-8-19(43)9-7-17/h2-9,12,16,21,23-25,27,34,40-43H,10-11,13-15,33H2,1H3,(H,35,48)(H,36,44)(H,37,45)(H,38,46)(H,39,47)(H,49,50)/t16-,21+,23+,24+,25+,27+/m1/s1. The second-order valence-corrected chi connectivity index (χ2v) is 11.4. The number of nitrogens with one attached hydrogen (secondary N) is 6. The van der Waals surface area contributed by atoms with Crippen LogP contribution in [-0.4, -0.2) is 122 Å². The van der Waals surface area contributed by atoms with E-state index >= 15 is 0 Å². The van der Waals surface area contributed by atoms with Gasteiger partial charge in [-0.3, -0.25) is 24.0 Å². The monoisotopic (exact) mass is 699 g/mol. The topological polar surface area (TPSA) is 306 Å². The molecule has 3 rings (SSSR count). The number of nitrogens with two attached hydrogens (primary N) is 1. The van der Waals surface area contributed by atoms with Crippen LogP contribution in [0.1, 0.15) is 18.1 Å². The fraction of sp³-hybridized carbons (Fsp3) is 0.375. The van der Waals surface area contributed by atoms with Crippen LogP contribution in [0.15, 0.2) is 54.7 Å². The summed E-state index contributed by atoms with van der Waals surface area (Å²) in [6.45, 7) is -1.18. The molecule has 0 unspecified atom stereocenters. The number of carbonyl (C=O) groups excluding carboxylic acids is 5. The number of aromatic nitrogens is 1. The van der Waals surface area contributed by atoms with E-state index in [1.54, 1.807) is 30.5 Å². The van der Waals surface area contributed by atoms with E-state index in [9.17, 15) is 44.1 Å². The van der Waals surface area contributed by atoms with Gasteiger partial charge >= 0.3 is 5.97 Å². The number of para-hydroxylation sites is 1. The Balaban J connectivity index is 1.86. The number of carbonyl (C=O) groups is 6. The number of hydrogen-bond donors (Lipinski definition) is 12. The lowest BCUT2D eigenvalue weighted by atomic mass is 10.0. The minimum atomic E-state index is -1.65. The Morgan fingerprint density at radius 1 is 0.780 bits per heavy atom. The summed E-state index contributed by atoms with van der Waals surface area (Å²) in [5, 5.41) is 59.9. The molecule has 1 heterocycles. The first kappa shape index (κ1) is 38.9. The third-order valence-electron chi connectivity index (χ3n) is 7.58. The average molecular weight is 700 g/mol. The number of aromatic hydroxyl groups is 1. The van der Waals surface area contributed by atoms with Gasteiger partial charge in [0.2, 0.25) is 29.5 Å². The van der Waals surface area contributed by atoms with Gasteiger partial charge in [-0.05, 0) is 36.2 Å². The Morgan fingerprint density at radius 2 is 1.40 bits per heavy atom. The van der Waals surface area contributed by atoms with Crippen molar-refractivity contribution in [3.05, 3.63) is 65.9 Å². The van der Waals surface area contributed by atoms with Crippen molar-refractivity contribution in [1.29, 1.82) is 0 Å². The number of hydrogen-bond acceptors (Lipinski definition) is 11. The number of aromatic amines is 1. The number of rotatable bonds is 18. The number of aliphatic carboxylic acids is 1. The van der Waals surface area contributed by atoms with Crippen LogP contribution in [0.4, 0.5) is 0 Å². The summed E-state index contributed by atoms with van der Waals surface area (Å²) in [6.07, 6.45) is -0.137. The van der Waals surface area contributed by atoms with Crippen LogP contribution in [-0.2, 0) is 41.6 Å². The van der Waals surface area contributed by atoms with Crippen LogP contribution in [0.25, 0.3) is 10.9 Å². The first-order valence-corrected chi connectivity index (χ1v) is 15.4. The van der Waals surface area contributed by atoms with Gasteiger partial charge in [0.1, 0.15) is 36.0 Å². The quantitative estimate of drug-likeness (QED) is 0.0616. The maximum absolute atomic E-state index is 13.8. The lowest BCUT2D eigenvalue weighted by Crippen LogP contribution is -2.60. The maximum Gasteiger partial charge on any atom is 0.328 e. The third-order valence-corrected chi connectivity index (χ3v) is 7.58. The molecule has 6 atom stereocenters. The predicted octanol–water partition coefficient (Wildman–Crippen LogP) is -3.51. The smallest absolute Gasteiger partial charge is 0.328 e. The summed E-state index contributed by atoms with van der Waals surface area (Å²) in [5.41, 5.74) is 7.49. The third kappa shape index (κ3) is 11.0. The molecule has 0 saturated heterocycles. The van der Waals surface area contributed by atoms with Crippen LogP contribution in [0.2, 0.25) is 0 Å². The summed E-state index contributed by atoms with van der Waals surface area (Å²) in [4.78, 5) is 79.4. The second kappa shape index (κ2) is 18.3. The summed E-state index contributed by atoms with van der Waals surface area (Å²) in [6, 6.07) is 5.55. The molecule has 0 saturated carbocycles. The molecule has 1 aromatic heterocycles. The highest BCUT2D eigenvalue weighted by Crippen LogP contribution is 2.20. The van der Waals surface area contributed by atoms with E-state index in [1.165, 1.54) is 31.2 Å². The van der Waals surface area contributed by atoms with Gasteiger partial charge in [-0.2, -0.15) is 0 Å². The summed E-state index contributed by atoms with van der Waals surface area (Å²) < 4.78 is 0. The van der Waals surface area contributed by atoms with Gasteiger partial charge in [0.15, 0.2) is 0 Å². The van der Waals surface area contributed by atoms with Gasteiger partial charge in [0.25, 0.3) is 0 Å². The number of amides is 5. The van der Waals surface area contributed by atoms with Crippen LogP contribution in [0.5, 0.6) is 5.75 Å². The van der Waals surface area contributed by atoms with E-state index in [2.05, 4.69) is 26.3 Å². The zero-order valence-corrected chi connectivity index (χ0v) is 27.0. The number of carboxylic acids is 1. The summed E-state index contributed by atoms with van der Waals surface area (Å²) in [7, 11) is 0. The highest BCUT2D eigenvalue weighted by Gasteiger charge is 2.33. The van der Waals surface area contributed by atoms with E-state index in [0.29, 0.717) is 11.1 Å². The predicted molar refractivity (Wildman–Crippen MR) is 176 cm³/mol. The molecule has 0 aliphatic rings. The Labute approximate surface area is 285 Å². The lowest BCUT2D eigenvalue weighted by molar-refractivity contribution is -0.143. The summed E-state index contributed by atoms with van der Waals surface area (Å²) in [5.74, 6) is -6.17. The molecule has 3 aromatic rings. The molecule has 50 heavy (non-hydrogen) atoms. The number of carboxylic acid groups (broad SMARTS) is 1. The number of phenols is 1. The molecule has 13 N–H and O–H groups in total. The molecule has 18 heteroatoms. The minimum Gasteiger partial charge on any atom is -0.508 e. The largest absolute Gasteiger partial charge is 0.508 e. The fourth-order valence-electron chi connectivity index (χ4n) is 4.81. The van der Waals surface area contributed by atoms with Crippen LogP contribution in [0, 0.1) is 0 Å². The minimum absolute atomic E-state index is 0.0384. The molecule has 0 aliphatic carbocycles. The Bertz CT molecular complexity index is 1660. The first-order chi connectivity index (χ1) is 23.7. The number of fused-ring (bicyclic) bond motifs is 1. The highest BCUT2D eigenvalue weighted by atomic mass is 16.4. The molecule has 0 fully saturated rings. The second-order valence-electron chi connectivity index (χ2n) is 11.4. The van der Waals surface area contributed by atoms with Crippen molar-refractivity contribution in [1.82, 2.24) is 31.6 Å². The van der Waals surface area contributed by atoms with Gasteiger partial charge in [0.05, 0.1) is 25.9 Å². The Kier molecular flexibility index (Phi) is 14.2. The Hall–Kier alpha value is -5.56. The van der Waals surface area contributed by atoms with Gasteiger partial charge in [0, 0.05) is 29.9 Å². The molecule has 0 radical (unpaired) electrons. The van der Waals surface area contributed by atoms with Crippen molar-refractivity contribution in [2.75, 3.05) is 19.8 Å². The SMILES string of the molecule is C[C@@H](O)[C@H](NC(=O)[C@H](Cc1c[nH]c2ccccc12)NC(=O)[C@H](Cc1ccc(O)cc1)NC(=O)[C@@H](N)CO)C(=O)NCC(=O)N[C@@H](CO)C(=O)O. The summed E-state index contributed by atoms with van der Waals surface area (Å²) >= 11 is 0. The van der Waals surface area contributed by atoms with E-state index in [-0.39, 0.29) is 18.6 Å². The molecule has 5 amide bonds. The Morgan fingerprint density at radius 3 is 2.02 bits per heavy atom. The lowest BCUT2D eigenvalue weighted by Gasteiger charge is -2.27. The maximum atomic E-state index is 13.8. The van der Waals surface area contributed by atoms with E-state index < -0.39 is 91.6 Å². The van der Waals surface area contributed by atoms with Crippen LogP contribution < -0.4 is 32.3 Å². The molecule has 270 valence electrons. The van der Waals surface area contributed by atoms with Gasteiger partial charge < -0.3 is 62.8 Å². The van der Waals surface area contributed by atoms with Gasteiger partial charge in [-0.15, -0.1) is 0 Å². The van der Waals surface area contributed by atoms with Crippen molar-refractivity contribution in [2.45, 2.75) is 56.1 Å². The van der Waals surface area contributed by atoms with Gasteiger partial charge in [-0.25, -0.2) is 4.79 Å². The molecule has 0 bridgehead atoms. The van der Waals surface area contributed by atoms with Crippen molar-refractivity contribution in [3.8, 4) is 5.75 Å². The zero-order valence-electron chi connectivity index (χ0n) is 27.0. The normalized spacial score (nSPS) is 14.7. The first-order valence-electron chi connectivity index (χ1n) is 15.4.